The van der Waals surface area contributed by atoms with Gasteiger partial charge in [0.2, 0.25) is 0 Å². The molecule has 7 nitrogen and oxygen atoms in total. The smallest absolute Gasteiger partial charge is 0.339 e. The van der Waals surface area contributed by atoms with Crippen molar-refractivity contribution in [1.82, 2.24) is 4.98 Å². The molecule has 0 saturated heterocycles. The van der Waals surface area contributed by atoms with E-state index in [2.05, 4.69) is 10.3 Å². The zero-order chi connectivity index (χ0) is 24.4. The minimum absolute atomic E-state index is 0.283. The molecule has 3 unspecified atom stereocenters. The summed E-state index contributed by atoms with van der Waals surface area (Å²) < 4.78 is 16.8. The summed E-state index contributed by atoms with van der Waals surface area (Å²) in [6, 6.07) is 12.5. The van der Waals surface area contributed by atoms with Gasteiger partial charge < -0.3 is 19.5 Å². The van der Waals surface area contributed by atoms with Crippen molar-refractivity contribution in [2.24, 2.45) is 17.8 Å². The van der Waals surface area contributed by atoms with Gasteiger partial charge in [0.1, 0.15) is 0 Å². The lowest BCUT2D eigenvalue weighted by Gasteiger charge is -2.23. The average molecular weight is 475 g/mol. The molecule has 0 aliphatic heterocycles. The number of benzene rings is 2. The number of anilines is 1. The molecule has 1 amide bonds. The third kappa shape index (κ3) is 4.81. The number of amides is 1. The Balaban J connectivity index is 1.33. The van der Waals surface area contributed by atoms with Crippen molar-refractivity contribution < 1.29 is 23.8 Å². The third-order valence-electron chi connectivity index (χ3n) is 7.22. The first-order chi connectivity index (χ1) is 17.1. The van der Waals surface area contributed by atoms with Crippen LogP contribution < -0.4 is 14.8 Å². The lowest BCUT2D eigenvalue weighted by atomic mass is 9.89. The molecular formula is C28H30N2O5. The van der Waals surface area contributed by atoms with Crippen molar-refractivity contribution in [3.05, 3.63) is 59.8 Å². The van der Waals surface area contributed by atoms with E-state index in [9.17, 15) is 9.59 Å². The summed E-state index contributed by atoms with van der Waals surface area (Å²) in [6.45, 7) is 2.67. The van der Waals surface area contributed by atoms with Crippen LogP contribution >= 0.6 is 0 Å². The highest BCUT2D eigenvalue weighted by atomic mass is 16.5. The van der Waals surface area contributed by atoms with E-state index in [1.165, 1.54) is 31.9 Å². The van der Waals surface area contributed by atoms with E-state index in [1.807, 2.05) is 12.1 Å². The van der Waals surface area contributed by atoms with Crippen LogP contribution in [-0.4, -0.2) is 37.2 Å². The Morgan fingerprint density at radius 3 is 2.74 bits per heavy atom. The van der Waals surface area contributed by atoms with Crippen molar-refractivity contribution in [3.8, 4) is 11.5 Å². The quantitative estimate of drug-likeness (QED) is 0.435. The highest BCUT2D eigenvalue weighted by molar-refractivity contribution is 6.07. The van der Waals surface area contributed by atoms with Gasteiger partial charge in [-0.05, 0) is 74.3 Å². The molecule has 5 rings (SSSR count). The van der Waals surface area contributed by atoms with Crippen LogP contribution in [0.1, 0.15) is 53.3 Å². The topological polar surface area (TPSA) is 86.8 Å². The van der Waals surface area contributed by atoms with Crippen LogP contribution in [0.25, 0.3) is 10.9 Å². The number of ether oxygens (including phenoxy) is 3. The monoisotopic (exact) mass is 474 g/mol. The summed E-state index contributed by atoms with van der Waals surface area (Å²) >= 11 is 0. The van der Waals surface area contributed by atoms with E-state index in [4.69, 9.17) is 14.2 Å². The molecule has 1 aromatic heterocycles. The molecular weight excluding hydrogens is 444 g/mol. The van der Waals surface area contributed by atoms with Gasteiger partial charge in [0.25, 0.3) is 5.91 Å². The molecule has 182 valence electrons. The van der Waals surface area contributed by atoms with Crippen LogP contribution in [-0.2, 0) is 4.74 Å². The predicted octanol–water partition coefficient (Wildman–Crippen LogP) is 5.49. The fourth-order valence-electron chi connectivity index (χ4n) is 5.50. The standard InChI is InChI=1S/C28H30N2O5/c1-3-34-28(32)20-13-19-9-10-22(14-24(19)29-15-20)30-27(31)23-5-4-6-25(33-2)26(23)35-16-21-12-17-7-8-18(21)11-17/h4-6,9-10,13-15,17-18,21H,3,7-8,11-12,16H2,1-2H3,(H,30,31). The van der Waals surface area contributed by atoms with E-state index in [0.29, 0.717) is 53.0 Å². The molecule has 2 aliphatic rings. The van der Waals surface area contributed by atoms with E-state index in [-0.39, 0.29) is 5.91 Å². The first-order valence-electron chi connectivity index (χ1n) is 12.2. The Labute approximate surface area is 204 Å². The zero-order valence-electron chi connectivity index (χ0n) is 20.1. The van der Waals surface area contributed by atoms with E-state index in [1.54, 1.807) is 44.4 Å². The molecule has 3 atom stereocenters. The summed E-state index contributed by atoms with van der Waals surface area (Å²) in [5.74, 6) is 2.45. The first kappa shape index (κ1) is 23.1. The van der Waals surface area contributed by atoms with Gasteiger partial charge in [-0.1, -0.05) is 18.6 Å². The molecule has 3 aromatic rings. The van der Waals surface area contributed by atoms with Gasteiger partial charge in [0.05, 0.1) is 37.0 Å². The summed E-state index contributed by atoms with van der Waals surface area (Å²) in [5, 5.41) is 3.73. The SMILES string of the molecule is CCOC(=O)c1cnc2cc(NC(=O)c3cccc(OC)c3OCC3CC4CCC3C4)ccc2c1. The number of nitrogens with one attached hydrogen (secondary N) is 1. The number of aromatic nitrogens is 1. The molecule has 0 radical (unpaired) electrons. The maximum atomic E-state index is 13.2. The Kier molecular flexibility index (Phi) is 6.57. The van der Waals surface area contributed by atoms with Crippen LogP contribution in [0.15, 0.2) is 48.7 Å². The fraction of sp³-hybridized carbons (Fsp3) is 0.393. The number of para-hydroxylation sites is 1. The second-order valence-corrected chi connectivity index (χ2v) is 9.39. The Morgan fingerprint density at radius 2 is 2.00 bits per heavy atom. The number of rotatable bonds is 8. The summed E-state index contributed by atoms with van der Waals surface area (Å²) in [4.78, 5) is 29.6. The highest BCUT2D eigenvalue weighted by Gasteiger charge is 2.40. The Bertz CT molecular complexity index is 1260. The number of fused-ring (bicyclic) bond motifs is 3. The van der Waals surface area contributed by atoms with Crippen molar-refractivity contribution in [2.75, 3.05) is 25.6 Å². The molecule has 1 N–H and O–H groups in total. The van der Waals surface area contributed by atoms with Crippen LogP contribution in [0.3, 0.4) is 0 Å². The molecule has 2 aliphatic carbocycles. The van der Waals surface area contributed by atoms with Crippen molar-refractivity contribution in [3.63, 3.8) is 0 Å². The summed E-state index contributed by atoms with van der Waals surface area (Å²) in [7, 11) is 1.58. The maximum absolute atomic E-state index is 13.2. The minimum Gasteiger partial charge on any atom is -0.493 e. The second-order valence-electron chi connectivity index (χ2n) is 9.39. The van der Waals surface area contributed by atoms with Crippen molar-refractivity contribution in [2.45, 2.75) is 32.6 Å². The number of nitrogens with zero attached hydrogens (tertiary/aromatic N) is 1. The molecule has 7 heteroatoms. The predicted molar refractivity (Wildman–Crippen MR) is 133 cm³/mol. The Hall–Kier alpha value is -3.61. The van der Waals surface area contributed by atoms with Gasteiger partial charge in [0.15, 0.2) is 11.5 Å². The van der Waals surface area contributed by atoms with E-state index in [0.717, 1.165) is 17.2 Å². The normalized spacial score (nSPS) is 20.6. The van der Waals surface area contributed by atoms with Gasteiger partial charge in [0, 0.05) is 17.3 Å². The second kappa shape index (κ2) is 9.94. The van der Waals surface area contributed by atoms with Crippen molar-refractivity contribution in [1.29, 1.82) is 0 Å². The third-order valence-corrected chi connectivity index (χ3v) is 7.22. The number of methoxy groups -OCH3 is 1. The minimum atomic E-state index is -0.407. The number of carbonyl (C=O) groups is 2. The largest absolute Gasteiger partial charge is 0.493 e. The Morgan fingerprint density at radius 1 is 1.11 bits per heavy atom. The van der Waals surface area contributed by atoms with Crippen LogP contribution in [0, 0.1) is 17.8 Å². The fourth-order valence-corrected chi connectivity index (χ4v) is 5.50. The summed E-state index contributed by atoms with van der Waals surface area (Å²) in [6.07, 6.45) is 6.63. The lowest BCUT2D eigenvalue weighted by molar-refractivity contribution is 0.0526. The number of hydrogen-bond acceptors (Lipinski definition) is 6. The molecule has 2 fully saturated rings. The van der Waals surface area contributed by atoms with E-state index < -0.39 is 5.97 Å². The first-order valence-corrected chi connectivity index (χ1v) is 12.2. The van der Waals surface area contributed by atoms with Crippen LogP contribution in [0.4, 0.5) is 5.69 Å². The van der Waals surface area contributed by atoms with Gasteiger partial charge in [-0.15, -0.1) is 0 Å². The van der Waals surface area contributed by atoms with Gasteiger partial charge in [-0.3, -0.25) is 9.78 Å². The van der Waals surface area contributed by atoms with Crippen LogP contribution in [0.2, 0.25) is 0 Å². The molecule has 2 bridgehead atoms. The zero-order valence-corrected chi connectivity index (χ0v) is 20.1. The number of pyridine rings is 1. The van der Waals surface area contributed by atoms with Crippen molar-refractivity contribution >= 4 is 28.5 Å². The molecule has 35 heavy (non-hydrogen) atoms. The van der Waals surface area contributed by atoms with E-state index >= 15 is 0 Å². The summed E-state index contributed by atoms with van der Waals surface area (Å²) in [5.41, 5.74) is 2.08. The lowest BCUT2D eigenvalue weighted by Crippen LogP contribution is -2.20. The van der Waals surface area contributed by atoms with Gasteiger partial charge >= 0.3 is 5.97 Å². The van der Waals surface area contributed by atoms with Gasteiger partial charge in [-0.25, -0.2) is 4.79 Å². The van der Waals surface area contributed by atoms with Crippen LogP contribution in [0.5, 0.6) is 11.5 Å². The molecule has 2 saturated carbocycles. The highest BCUT2D eigenvalue weighted by Crippen LogP contribution is 2.48. The number of hydrogen-bond donors (Lipinski definition) is 1. The molecule has 2 aromatic carbocycles. The maximum Gasteiger partial charge on any atom is 0.339 e. The van der Waals surface area contributed by atoms with Gasteiger partial charge in [-0.2, -0.15) is 0 Å². The average Bonchev–Trinajstić information content (AvgIpc) is 3.50. The molecule has 1 heterocycles. The molecule has 0 spiro atoms. The number of esters is 1. The number of carbonyl (C=O) groups excluding carboxylic acids is 2.